The van der Waals surface area contributed by atoms with Gasteiger partial charge in [0.15, 0.2) is 0 Å². The summed E-state index contributed by atoms with van der Waals surface area (Å²) >= 11 is 0. The van der Waals surface area contributed by atoms with Crippen molar-refractivity contribution in [2.24, 2.45) is 11.8 Å². The summed E-state index contributed by atoms with van der Waals surface area (Å²) in [5.74, 6) is 0.265. The van der Waals surface area contributed by atoms with Gasteiger partial charge in [-0.25, -0.2) is 0 Å². The smallest absolute Gasteiger partial charge is 0.223 e. The topological polar surface area (TPSA) is 58.2 Å². The molecular weight excluding hydrogens is 578 g/mol. The first kappa shape index (κ1) is 30.7. The van der Waals surface area contributed by atoms with Gasteiger partial charge in [-0.05, 0) is 74.1 Å². The van der Waals surface area contributed by atoms with Crippen LogP contribution in [0.2, 0.25) is 0 Å². The SMILES string of the molecule is O=C(NCCNC(=O)C1CCCC1P(c1ccccc1)c1ccccc1)C1CCCC1P(c1ccccc1)c1ccccc1. The third-order valence-electron chi connectivity index (χ3n) is 9.16. The Morgan fingerprint density at radius 3 is 1.07 bits per heavy atom. The molecule has 0 heterocycles. The van der Waals surface area contributed by atoms with Crippen LogP contribution in [0.25, 0.3) is 0 Å². The van der Waals surface area contributed by atoms with Crippen molar-refractivity contribution in [3.8, 4) is 0 Å². The monoisotopic (exact) mass is 620 g/mol. The van der Waals surface area contributed by atoms with Crippen molar-refractivity contribution in [1.29, 1.82) is 0 Å². The van der Waals surface area contributed by atoms with Gasteiger partial charge in [0, 0.05) is 24.9 Å². The van der Waals surface area contributed by atoms with E-state index < -0.39 is 15.8 Å². The Labute approximate surface area is 264 Å². The maximum absolute atomic E-state index is 13.6. The Morgan fingerprint density at radius 2 is 0.773 bits per heavy atom. The highest BCUT2D eigenvalue weighted by Crippen LogP contribution is 2.51. The largest absolute Gasteiger partial charge is 0.354 e. The number of hydrogen-bond acceptors (Lipinski definition) is 2. The molecule has 0 spiro atoms. The van der Waals surface area contributed by atoms with Crippen molar-refractivity contribution in [3.63, 3.8) is 0 Å². The molecule has 4 atom stereocenters. The minimum atomic E-state index is -0.638. The zero-order chi connectivity index (χ0) is 30.1. The van der Waals surface area contributed by atoms with Crippen molar-refractivity contribution in [1.82, 2.24) is 10.6 Å². The highest BCUT2D eigenvalue weighted by atomic mass is 31.1. The van der Waals surface area contributed by atoms with Crippen LogP contribution in [0.1, 0.15) is 38.5 Å². The predicted octanol–water partition coefficient (Wildman–Crippen LogP) is 5.82. The number of benzene rings is 4. The molecule has 2 fully saturated rings. The number of rotatable bonds is 11. The third kappa shape index (κ3) is 7.14. The summed E-state index contributed by atoms with van der Waals surface area (Å²) in [6.07, 6.45) is 6.14. The van der Waals surface area contributed by atoms with Crippen LogP contribution in [0.3, 0.4) is 0 Å². The molecule has 2 saturated carbocycles. The second-order valence-corrected chi connectivity index (χ2v) is 16.7. The van der Waals surface area contributed by atoms with E-state index in [1.165, 1.54) is 21.2 Å². The highest BCUT2D eigenvalue weighted by Gasteiger charge is 2.40. The third-order valence-corrected chi connectivity index (χ3v) is 15.1. The van der Waals surface area contributed by atoms with Crippen molar-refractivity contribution in [2.75, 3.05) is 13.1 Å². The van der Waals surface area contributed by atoms with Crippen LogP contribution in [0.4, 0.5) is 0 Å². The Hall–Kier alpha value is -3.32. The van der Waals surface area contributed by atoms with E-state index in [1.807, 2.05) is 0 Å². The van der Waals surface area contributed by atoms with E-state index in [4.69, 9.17) is 0 Å². The summed E-state index contributed by atoms with van der Waals surface area (Å²) in [6.45, 7) is 0.928. The number of amides is 2. The van der Waals surface area contributed by atoms with Gasteiger partial charge in [-0.1, -0.05) is 134 Å². The zero-order valence-corrected chi connectivity index (χ0v) is 27.0. The lowest BCUT2D eigenvalue weighted by atomic mass is 10.1. The number of carbonyl (C=O) groups excluding carboxylic acids is 2. The van der Waals surface area contributed by atoms with Gasteiger partial charge in [0.05, 0.1) is 0 Å². The van der Waals surface area contributed by atoms with Crippen LogP contribution in [0, 0.1) is 11.8 Å². The molecule has 2 aliphatic rings. The van der Waals surface area contributed by atoms with Gasteiger partial charge in [0.25, 0.3) is 0 Å². The van der Waals surface area contributed by atoms with Crippen LogP contribution in [-0.4, -0.2) is 36.2 Å². The molecule has 4 aromatic carbocycles. The molecule has 4 aromatic rings. The maximum atomic E-state index is 13.6. The molecule has 0 radical (unpaired) electrons. The molecule has 44 heavy (non-hydrogen) atoms. The van der Waals surface area contributed by atoms with Crippen molar-refractivity contribution in [3.05, 3.63) is 121 Å². The normalized spacial score (nSPS) is 21.4. The van der Waals surface area contributed by atoms with Crippen LogP contribution in [-0.2, 0) is 9.59 Å². The molecule has 0 aliphatic heterocycles. The first-order valence-corrected chi connectivity index (χ1v) is 18.9. The summed E-state index contributed by atoms with van der Waals surface area (Å²) < 4.78 is 0. The van der Waals surface area contributed by atoms with Crippen LogP contribution in [0.15, 0.2) is 121 Å². The first-order valence-electron chi connectivity index (χ1n) is 16.0. The maximum Gasteiger partial charge on any atom is 0.223 e. The summed E-state index contributed by atoms with van der Waals surface area (Å²) in [5.41, 5.74) is 0.637. The summed E-state index contributed by atoms with van der Waals surface area (Å²) in [5, 5.41) is 11.8. The van der Waals surface area contributed by atoms with Crippen molar-refractivity contribution < 1.29 is 9.59 Å². The standard InChI is InChI=1S/C38H42N2O2P2/c41-37(33-23-13-25-35(33)43(29-15-5-1-6-16-29)30-17-7-2-8-18-30)39-27-28-40-38(42)34-24-14-26-36(34)44(31-19-9-3-10-20-31)32-21-11-4-12-22-32/h1-12,15-22,33-36H,13-14,23-28H2,(H,39,41)(H,40,42). The second kappa shape index (κ2) is 15.1. The molecule has 226 valence electrons. The molecule has 0 bridgehead atoms. The number of carbonyl (C=O) groups is 2. The molecule has 4 unspecified atom stereocenters. The summed E-state index contributed by atoms with van der Waals surface area (Å²) in [7, 11) is -1.28. The highest BCUT2D eigenvalue weighted by molar-refractivity contribution is 7.74. The Bertz CT molecular complexity index is 1290. The van der Waals surface area contributed by atoms with Crippen molar-refractivity contribution in [2.45, 2.75) is 49.8 Å². The molecule has 0 saturated heterocycles. The lowest BCUT2D eigenvalue weighted by Gasteiger charge is -2.30. The average Bonchev–Trinajstić information content (AvgIpc) is 3.76. The second-order valence-electron chi connectivity index (χ2n) is 11.9. The molecular formula is C38H42N2O2P2. The molecule has 4 nitrogen and oxygen atoms in total. The minimum absolute atomic E-state index is 0.00302. The number of hydrogen-bond donors (Lipinski definition) is 2. The lowest BCUT2D eigenvalue weighted by Crippen LogP contribution is -2.42. The Morgan fingerprint density at radius 1 is 0.477 bits per heavy atom. The van der Waals surface area contributed by atoms with E-state index in [0.29, 0.717) is 24.4 Å². The molecule has 2 aliphatic carbocycles. The van der Waals surface area contributed by atoms with Crippen LogP contribution in [0.5, 0.6) is 0 Å². The zero-order valence-electron chi connectivity index (χ0n) is 25.2. The van der Waals surface area contributed by atoms with Crippen molar-refractivity contribution >= 4 is 48.9 Å². The average molecular weight is 621 g/mol. The van der Waals surface area contributed by atoms with E-state index in [0.717, 1.165) is 38.5 Å². The fraction of sp³-hybridized carbons (Fsp3) is 0.316. The Kier molecular flexibility index (Phi) is 10.5. The van der Waals surface area contributed by atoms with Gasteiger partial charge in [-0.15, -0.1) is 0 Å². The molecule has 0 aromatic heterocycles. The van der Waals surface area contributed by atoms with Gasteiger partial charge in [0.1, 0.15) is 0 Å². The van der Waals surface area contributed by atoms with Gasteiger partial charge >= 0.3 is 0 Å². The van der Waals surface area contributed by atoms with Crippen LogP contribution < -0.4 is 31.9 Å². The van der Waals surface area contributed by atoms with Crippen LogP contribution >= 0.6 is 15.8 Å². The minimum Gasteiger partial charge on any atom is -0.354 e. The lowest BCUT2D eigenvalue weighted by molar-refractivity contribution is -0.126. The van der Waals surface area contributed by atoms with E-state index in [9.17, 15) is 9.59 Å². The fourth-order valence-electron chi connectivity index (χ4n) is 7.16. The predicted molar refractivity (Wildman–Crippen MR) is 186 cm³/mol. The van der Waals surface area contributed by atoms with Gasteiger partial charge in [0.2, 0.25) is 11.8 Å². The molecule has 2 amide bonds. The summed E-state index contributed by atoms with van der Waals surface area (Å²) in [4.78, 5) is 27.1. The molecule has 6 heteroatoms. The van der Waals surface area contributed by atoms with E-state index in [1.54, 1.807) is 0 Å². The van der Waals surface area contributed by atoms with E-state index >= 15 is 0 Å². The van der Waals surface area contributed by atoms with E-state index in [2.05, 4.69) is 132 Å². The molecule has 2 N–H and O–H groups in total. The van der Waals surface area contributed by atoms with E-state index in [-0.39, 0.29) is 23.7 Å². The number of nitrogens with one attached hydrogen (secondary N) is 2. The Balaban J connectivity index is 1.07. The quantitative estimate of drug-likeness (QED) is 0.164. The fourth-order valence-corrected chi connectivity index (χ4v) is 13.4. The van der Waals surface area contributed by atoms with Gasteiger partial charge < -0.3 is 10.6 Å². The van der Waals surface area contributed by atoms with Gasteiger partial charge in [-0.3, -0.25) is 9.59 Å². The summed E-state index contributed by atoms with van der Waals surface area (Å²) in [6, 6.07) is 42.9. The first-order chi connectivity index (χ1) is 21.7. The molecule has 6 rings (SSSR count). The van der Waals surface area contributed by atoms with Gasteiger partial charge in [-0.2, -0.15) is 0 Å².